The molecule has 1 amide bonds. The van der Waals surface area contributed by atoms with Gasteiger partial charge in [-0.2, -0.15) is 0 Å². The molecule has 3 N–H and O–H groups in total. The summed E-state index contributed by atoms with van der Waals surface area (Å²) in [4.78, 5) is 11.3. The minimum atomic E-state index is -0.0271. The van der Waals surface area contributed by atoms with Gasteiger partial charge in [0.25, 0.3) is 5.91 Å². The highest BCUT2D eigenvalue weighted by atomic mass is 16.1. The Hall–Kier alpha value is -1.79. The SMILES string of the molecule is C#CCNC(=O)C[NH2+][C@@H](C)c1ccccc1. The van der Waals surface area contributed by atoms with E-state index >= 15 is 0 Å². The second-order valence-corrected chi connectivity index (χ2v) is 3.62. The average Bonchev–Trinajstić information content (AvgIpc) is 2.34. The second-order valence-electron chi connectivity index (χ2n) is 3.62. The number of amides is 1. The van der Waals surface area contributed by atoms with Gasteiger partial charge in [-0.15, -0.1) is 6.42 Å². The number of rotatable bonds is 5. The molecule has 3 nitrogen and oxygen atoms in total. The maximum Gasteiger partial charge on any atom is 0.275 e. The van der Waals surface area contributed by atoms with E-state index < -0.39 is 0 Å². The quantitative estimate of drug-likeness (QED) is 0.673. The first-order chi connectivity index (χ1) is 7.74. The van der Waals surface area contributed by atoms with Crippen LogP contribution in [0.4, 0.5) is 0 Å². The Morgan fingerprint density at radius 3 is 2.81 bits per heavy atom. The molecular formula is C13H17N2O+. The lowest BCUT2D eigenvalue weighted by Crippen LogP contribution is -2.87. The lowest BCUT2D eigenvalue weighted by molar-refractivity contribution is -0.682. The third-order valence-corrected chi connectivity index (χ3v) is 2.37. The number of nitrogens with one attached hydrogen (secondary N) is 1. The Morgan fingerprint density at radius 2 is 2.19 bits per heavy atom. The third-order valence-electron chi connectivity index (χ3n) is 2.37. The molecule has 84 valence electrons. The van der Waals surface area contributed by atoms with Gasteiger partial charge >= 0.3 is 0 Å². The van der Waals surface area contributed by atoms with Gasteiger partial charge in [0.2, 0.25) is 0 Å². The van der Waals surface area contributed by atoms with E-state index in [9.17, 15) is 4.79 Å². The van der Waals surface area contributed by atoms with Crippen LogP contribution in [0, 0.1) is 12.3 Å². The molecule has 1 rings (SSSR count). The van der Waals surface area contributed by atoms with Crippen LogP contribution >= 0.6 is 0 Å². The van der Waals surface area contributed by atoms with Crippen molar-refractivity contribution in [2.75, 3.05) is 13.1 Å². The molecule has 1 aromatic carbocycles. The van der Waals surface area contributed by atoms with Gasteiger partial charge in [0, 0.05) is 5.56 Å². The van der Waals surface area contributed by atoms with Crippen LogP contribution in [0.1, 0.15) is 18.5 Å². The summed E-state index contributed by atoms with van der Waals surface area (Å²) in [6.07, 6.45) is 5.05. The molecule has 0 heterocycles. The zero-order chi connectivity index (χ0) is 11.8. The van der Waals surface area contributed by atoms with Crippen molar-refractivity contribution in [1.29, 1.82) is 0 Å². The van der Waals surface area contributed by atoms with Crippen molar-refractivity contribution in [2.45, 2.75) is 13.0 Å². The molecule has 0 bridgehead atoms. The van der Waals surface area contributed by atoms with Gasteiger partial charge in [-0.25, -0.2) is 0 Å². The zero-order valence-corrected chi connectivity index (χ0v) is 9.44. The van der Waals surface area contributed by atoms with Crippen LogP contribution in [0.15, 0.2) is 30.3 Å². The molecular weight excluding hydrogens is 200 g/mol. The highest BCUT2D eigenvalue weighted by molar-refractivity contribution is 5.76. The Bertz CT molecular complexity index is 367. The zero-order valence-electron chi connectivity index (χ0n) is 9.44. The predicted molar refractivity (Wildman–Crippen MR) is 63.5 cm³/mol. The fourth-order valence-corrected chi connectivity index (χ4v) is 1.40. The number of carbonyl (C=O) groups is 1. The summed E-state index contributed by atoms with van der Waals surface area (Å²) >= 11 is 0. The predicted octanol–water partition coefficient (Wildman–Crippen LogP) is 0.0604. The molecule has 0 saturated heterocycles. The Morgan fingerprint density at radius 1 is 1.50 bits per heavy atom. The van der Waals surface area contributed by atoms with Crippen LogP contribution in [-0.2, 0) is 4.79 Å². The van der Waals surface area contributed by atoms with Gasteiger partial charge in [0.1, 0.15) is 6.04 Å². The highest BCUT2D eigenvalue weighted by Gasteiger charge is 2.09. The summed E-state index contributed by atoms with van der Waals surface area (Å²) in [6, 6.07) is 10.4. The van der Waals surface area contributed by atoms with Crippen LogP contribution in [0.3, 0.4) is 0 Å². The van der Waals surface area contributed by atoms with Crippen molar-refractivity contribution in [3.05, 3.63) is 35.9 Å². The number of benzene rings is 1. The number of quaternary nitrogens is 1. The Labute approximate surface area is 96.2 Å². The van der Waals surface area contributed by atoms with Crippen LogP contribution in [0.2, 0.25) is 0 Å². The molecule has 0 aliphatic rings. The van der Waals surface area contributed by atoms with Crippen molar-refractivity contribution >= 4 is 5.91 Å². The van der Waals surface area contributed by atoms with Gasteiger partial charge in [-0.1, -0.05) is 36.3 Å². The molecule has 0 aromatic heterocycles. The van der Waals surface area contributed by atoms with E-state index in [1.807, 2.05) is 23.5 Å². The van der Waals surface area contributed by atoms with Gasteiger partial charge in [-0.3, -0.25) is 4.79 Å². The summed E-state index contributed by atoms with van der Waals surface area (Å²) in [5, 5.41) is 4.62. The van der Waals surface area contributed by atoms with Crippen LogP contribution in [-0.4, -0.2) is 19.0 Å². The van der Waals surface area contributed by atoms with E-state index in [1.165, 1.54) is 5.56 Å². The van der Waals surface area contributed by atoms with Crippen molar-refractivity contribution in [3.8, 4) is 12.3 Å². The van der Waals surface area contributed by atoms with E-state index in [1.54, 1.807) is 0 Å². The minimum absolute atomic E-state index is 0.0271. The number of nitrogens with two attached hydrogens (primary N) is 1. The molecule has 0 radical (unpaired) electrons. The van der Waals surface area contributed by atoms with Crippen LogP contribution < -0.4 is 10.6 Å². The van der Waals surface area contributed by atoms with E-state index in [-0.39, 0.29) is 11.9 Å². The molecule has 1 aromatic rings. The summed E-state index contributed by atoms with van der Waals surface area (Å²) < 4.78 is 0. The van der Waals surface area contributed by atoms with Crippen molar-refractivity contribution in [1.82, 2.24) is 5.32 Å². The summed E-state index contributed by atoms with van der Waals surface area (Å²) in [6.45, 7) is 2.77. The molecule has 0 fully saturated rings. The van der Waals surface area contributed by atoms with E-state index in [4.69, 9.17) is 6.42 Å². The van der Waals surface area contributed by atoms with E-state index in [2.05, 4.69) is 30.3 Å². The molecule has 1 atom stereocenters. The van der Waals surface area contributed by atoms with Gasteiger partial charge < -0.3 is 10.6 Å². The third kappa shape index (κ3) is 4.16. The lowest BCUT2D eigenvalue weighted by Gasteiger charge is -2.10. The topological polar surface area (TPSA) is 45.7 Å². The standard InChI is InChI=1S/C13H16N2O/c1-3-9-14-13(16)10-15-11(2)12-7-5-4-6-8-12/h1,4-8,11,15H,9-10H2,2H3,(H,14,16)/p+1/t11-/m0/s1. The molecule has 0 aliphatic heterocycles. The summed E-state index contributed by atoms with van der Waals surface area (Å²) in [7, 11) is 0. The highest BCUT2D eigenvalue weighted by Crippen LogP contribution is 2.05. The van der Waals surface area contributed by atoms with E-state index in [0.717, 1.165) is 0 Å². The fraction of sp³-hybridized carbons (Fsp3) is 0.308. The molecule has 16 heavy (non-hydrogen) atoms. The molecule has 0 unspecified atom stereocenters. The monoisotopic (exact) mass is 217 g/mol. The summed E-state index contributed by atoms with van der Waals surface area (Å²) in [5.74, 6) is 2.34. The van der Waals surface area contributed by atoms with Gasteiger partial charge in [-0.05, 0) is 6.92 Å². The number of hydrogen-bond donors (Lipinski definition) is 2. The molecule has 3 heteroatoms. The maximum atomic E-state index is 11.3. The molecule has 0 aliphatic carbocycles. The van der Waals surface area contributed by atoms with Crippen molar-refractivity contribution in [3.63, 3.8) is 0 Å². The second kappa shape index (κ2) is 6.65. The molecule has 0 saturated carbocycles. The number of carbonyl (C=O) groups excluding carboxylic acids is 1. The van der Waals surface area contributed by atoms with Crippen molar-refractivity contribution in [2.24, 2.45) is 0 Å². The molecule has 0 spiro atoms. The largest absolute Gasteiger partial charge is 0.340 e. The normalized spacial score (nSPS) is 11.5. The van der Waals surface area contributed by atoms with Crippen molar-refractivity contribution < 1.29 is 10.1 Å². The van der Waals surface area contributed by atoms with Crippen LogP contribution in [0.25, 0.3) is 0 Å². The average molecular weight is 217 g/mol. The smallest absolute Gasteiger partial charge is 0.275 e. The Kier molecular flexibility index (Phi) is 5.10. The van der Waals surface area contributed by atoms with Crippen LogP contribution in [0.5, 0.6) is 0 Å². The minimum Gasteiger partial charge on any atom is -0.340 e. The first-order valence-electron chi connectivity index (χ1n) is 5.32. The van der Waals surface area contributed by atoms with Gasteiger partial charge in [0.05, 0.1) is 6.54 Å². The lowest BCUT2D eigenvalue weighted by atomic mass is 10.1. The summed E-state index contributed by atoms with van der Waals surface area (Å²) in [5.41, 5.74) is 1.22. The van der Waals surface area contributed by atoms with Gasteiger partial charge in [0.15, 0.2) is 6.54 Å². The van der Waals surface area contributed by atoms with E-state index in [0.29, 0.717) is 13.1 Å². The first-order valence-corrected chi connectivity index (χ1v) is 5.32. The number of terminal acetylenes is 1. The number of hydrogen-bond acceptors (Lipinski definition) is 1. The fourth-order valence-electron chi connectivity index (χ4n) is 1.40. The first kappa shape index (κ1) is 12.3. The Balaban J connectivity index is 2.33. The maximum absolute atomic E-state index is 11.3.